The molecule has 0 unspecified atom stereocenters. The molecule has 2 aromatic rings. The van der Waals surface area contributed by atoms with Crippen molar-refractivity contribution in [1.29, 1.82) is 0 Å². The van der Waals surface area contributed by atoms with Crippen LogP contribution in [0.15, 0.2) is 89.6 Å². The predicted octanol–water partition coefficient (Wildman–Crippen LogP) is 0.529. The van der Waals surface area contributed by atoms with Crippen molar-refractivity contribution in [2.45, 2.75) is 115 Å². The molecule has 10 atom stereocenters. The molecular weight excluding hydrogens is 1000 g/mol. The van der Waals surface area contributed by atoms with E-state index in [4.69, 9.17) is 20.9 Å². The van der Waals surface area contributed by atoms with Crippen LogP contribution in [-0.2, 0) is 60.7 Å². The molecule has 0 saturated carbocycles. The maximum atomic E-state index is 14.5. The molecular formula is C53H74N10O14. The van der Waals surface area contributed by atoms with Crippen molar-refractivity contribution in [1.82, 2.24) is 36.8 Å². The van der Waals surface area contributed by atoms with Gasteiger partial charge in [0.2, 0.25) is 35.4 Å². The highest BCUT2D eigenvalue weighted by molar-refractivity contribution is 6.00. The van der Waals surface area contributed by atoms with Crippen LogP contribution in [0.2, 0.25) is 0 Å². The molecule has 3 rings (SSSR count). The van der Waals surface area contributed by atoms with Crippen molar-refractivity contribution in [3.05, 3.63) is 95.7 Å². The first-order chi connectivity index (χ1) is 36.3. The lowest BCUT2D eigenvalue weighted by molar-refractivity contribution is -0.146. The molecule has 0 radical (unpaired) electrons. The third-order valence-electron chi connectivity index (χ3n) is 12.9. The summed E-state index contributed by atoms with van der Waals surface area (Å²) in [7, 11) is 4.07. The number of aliphatic carboxylic acids is 2. The van der Waals surface area contributed by atoms with Crippen molar-refractivity contribution >= 4 is 59.2 Å². The summed E-state index contributed by atoms with van der Waals surface area (Å²) in [5.74, 6) is -13.3. The smallest absolute Gasteiger partial charge is 0.327 e. The average molecular weight is 1080 g/mol. The van der Waals surface area contributed by atoms with Crippen LogP contribution in [0.1, 0.15) is 71.4 Å². The largest absolute Gasteiger partial charge is 0.504 e. The van der Waals surface area contributed by atoms with Gasteiger partial charge in [-0.3, -0.25) is 38.6 Å². The number of allylic oxidation sites excluding steroid dienone is 2. The molecule has 1 heterocycles. The Bertz CT molecular complexity index is 2550. The number of carboxylic acids is 2. The minimum absolute atomic E-state index is 0.00326. The summed E-state index contributed by atoms with van der Waals surface area (Å²) in [6, 6.07) is 4.40. The number of phenols is 1. The summed E-state index contributed by atoms with van der Waals surface area (Å²) in [5, 5.41) is 45.8. The van der Waals surface area contributed by atoms with E-state index in [0.29, 0.717) is 17.6 Å². The van der Waals surface area contributed by atoms with Gasteiger partial charge in [-0.2, -0.15) is 0 Å². The monoisotopic (exact) mass is 1070 g/mol. The highest BCUT2D eigenvalue weighted by Crippen LogP contribution is 2.27. The number of carboxylic acid groups (broad SMARTS) is 2. The van der Waals surface area contributed by atoms with E-state index in [1.54, 1.807) is 20.1 Å². The first-order valence-electron chi connectivity index (χ1n) is 24.9. The number of nitrogens with zero attached hydrogens (tertiary/aromatic N) is 2. The zero-order valence-corrected chi connectivity index (χ0v) is 44.7. The van der Waals surface area contributed by atoms with E-state index in [1.165, 1.54) is 59.2 Å². The number of benzene rings is 2. The van der Waals surface area contributed by atoms with Crippen molar-refractivity contribution < 1.29 is 67.9 Å². The maximum Gasteiger partial charge on any atom is 0.327 e. The standard InChI is InChI=1S/C53H74N10O14/c1-28(24-29(2)41(76-8)26-34-14-11-10-12-15-34)17-19-36-30(3)45(66)60-38(51(72)73)20-22-43(65)63(7)33(6)48(69)57-32(5)47(68)61-39(25-35-18-21-40(64)42(27-35)77-9)50(71)62-44(52(74)75)31(4)46(67)59-37(49(70)58-36)16-13-23-56-53(54)55/h10-12,14-15,17-19,21,24,27,29-32,36-39,41,44,64H,6,13,16,20,22-23,25-26H2,1-5,7-9H3,(H,57,69)(H,58,70)(H,59,67)(H,60,66)(H,61,68)(H,62,71)(H,72,73)(H,74,75)(H4,54,55,56)/b19-17+,28-24+/t29-,30-,31-,32+,36-,37-,38+,39-,41-,44+/m0/s1. The van der Waals surface area contributed by atoms with Crippen LogP contribution in [0.25, 0.3) is 0 Å². The van der Waals surface area contributed by atoms with Gasteiger partial charge in [0, 0.05) is 39.5 Å². The van der Waals surface area contributed by atoms with E-state index in [0.717, 1.165) is 10.5 Å². The molecule has 1 fully saturated rings. The molecule has 2 aromatic carbocycles. The molecule has 77 heavy (non-hydrogen) atoms. The number of ether oxygens (including phenoxy) is 2. The minimum atomic E-state index is -1.99. The second kappa shape index (κ2) is 30.3. The number of aliphatic imine (C=N–C) groups is 1. The summed E-state index contributed by atoms with van der Waals surface area (Å²) in [4.78, 5) is 128. The Labute approximate surface area is 447 Å². The van der Waals surface area contributed by atoms with Gasteiger partial charge in [-0.05, 0) is 62.8 Å². The van der Waals surface area contributed by atoms with Gasteiger partial charge in [-0.1, -0.05) is 87.5 Å². The fraction of sp³-hybridized carbons (Fsp3) is 0.472. The summed E-state index contributed by atoms with van der Waals surface area (Å²) in [6.45, 7) is 11.2. The van der Waals surface area contributed by atoms with Gasteiger partial charge >= 0.3 is 11.9 Å². The molecule has 0 bridgehead atoms. The Morgan fingerprint density at radius 2 is 1.47 bits per heavy atom. The van der Waals surface area contributed by atoms with Gasteiger partial charge in [0.15, 0.2) is 17.5 Å². The van der Waals surface area contributed by atoms with Crippen LogP contribution >= 0.6 is 0 Å². The number of rotatable bonds is 16. The first kappa shape index (κ1) is 63.0. The lowest BCUT2D eigenvalue weighted by Gasteiger charge is -2.28. The number of hydrogen-bond acceptors (Lipinski definition) is 13. The SMILES string of the molecule is C=C1C(=O)N[C@H](C)C(=O)N[C@@H](Cc2ccc(O)c(OC)c2)C(=O)N[C@@H](C(=O)O)[C@H](C)C(=O)N[C@@H](CCCN=C(N)N)C(=O)N[C@@H](/C=C/C(C)=C/[C@H](C)[C@H](Cc2ccccc2)OC)[C@H](C)C(=O)N[C@@H](C(=O)O)CCC(=O)N1C. The van der Waals surface area contributed by atoms with Crippen molar-refractivity contribution in [3.63, 3.8) is 0 Å². The Morgan fingerprint density at radius 1 is 0.831 bits per heavy atom. The molecule has 0 aliphatic carbocycles. The molecule has 7 amide bonds. The summed E-state index contributed by atoms with van der Waals surface area (Å²) < 4.78 is 11.0. The van der Waals surface area contributed by atoms with Gasteiger partial charge in [0.25, 0.3) is 5.91 Å². The van der Waals surface area contributed by atoms with Gasteiger partial charge < -0.3 is 73.1 Å². The molecule has 24 nitrogen and oxygen atoms in total. The quantitative estimate of drug-likeness (QED) is 0.0359. The maximum absolute atomic E-state index is 14.5. The molecule has 1 saturated heterocycles. The highest BCUT2D eigenvalue weighted by atomic mass is 16.5. The number of nitrogens with two attached hydrogens (primary N) is 2. The Kier molecular flexibility index (Phi) is 24.8. The molecule has 0 aromatic heterocycles. The number of carbonyl (C=O) groups is 9. The van der Waals surface area contributed by atoms with E-state index >= 15 is 0 Å². The van der Waals surface area contributed by atoms with E-state index in [-0.39, 0.29) is 55.3 Å². The number of aromatic hydroxyl groups is 1. The molecule has 0 spiro atoms. The number of methoxy groups -OCH3 is 2. The number of phenolic OH excluding ortho intramolecular Hbond substituents is 1. The topological polar surface area (TPSA) is 373 Å². The normalized spacial score (nSPS) is 24.1. The van der Waals surface area contributed by atoms with Crippen LogP contribution in [0.5, 0.6) is 11.5 Å². The van der Waals surface area contributed by atoms with Crippen LogP contribution < -0.4 is 48.1 Å². The lowest BCUT2D eigenvalue weighted by Crippen LogP contribution is -2.59. The fourth-order valence-electron chi connectivity index (χ4n) is 8.05. The molecule has 24 heteroatoms. The van der Waals surface area contributed by atoms with Crippen molar-refractivity contribution in [2.24, 2.45) is 34.2 Å². The van der Waals surface area contributed by atoms with E-state index in [1.807, 2.05) is 43.3 Å². The zero-order valence-electron chi connectivity index (χ0n) is 44.7. The van der Waals surface area contributed by atoms with Crippen LogP contribution in [0, 0.1) is 17.8 Å². The summed E-state index contributed by atoms with van der Waals surface area (Å²) >= 11 is 0. The lowest BCUT2D eigenvalue weighted by atomic mass is 9.94. The fourth-order valence-corrected chi connectivity index (χ4v) is 8.05. The Hall–Kier alpha value is -8.28. The number of likely N-dealkylation sites (N-methyl/N-ethyl adjacent to an activating group) is 1. The van der Waals surface area contributed by atoms with Crippen LogP contribution in [0.3, 0.4) is 0 Å². The van der Waals surface area contributed by atoms with Gasteiger partial charge in [-0.25, -0.2) is 9.59 Å². The Morgan fingerprint density at radius 3 is 2.08 bits per heavy atom. The molecule has 1 aliphatic rings. The van der Waals surface area contributed by atoms with E-state index in [2.05, 4.69) is 43.5 Å². The number of amides is 7. The second-order valence-corrected chi connectivity index (χ2v) is 18.8. The van der Waals surface area contributed by atoms with E-state index in [9.17, 15) is 58.5 Å². The number of nitrogens with one attached hydrogen (secondary N) is 6. The molecule has 13 N–H and O–H groups in total. The summed E-state index contributed by atoms with van der Waals surface area (Å²) in [5.41, 5.74) is 12.6. The van der Waals surface area contributed by atoms with Crippen molar-refractivity contribution in [2.75, 3.05) is 27.8 Å². The van der Waals surface area contributed by atoms with Gasteiger partial charge in [0.05, 0.1) is 31.1 Å². The minimum Gasteiger partial charge on any atom is -0.504 e. The second-order valence-electron chi connectivity index (χ2n) is 18.8. The first-order valence-corrected chi connectivity index (χ1v) is 24.9. The van der Waals surface area contributed by atoms with Crippen LogP contribution in [0.4, 0.5) is 0 Å². The third-order valence-corrected chi connectivity index (χ3v) is 12.9. The number of hydrogen-bond donors (Lipinski definition) is 11. The Balaban J connectivity index is 2.16. The van der Waals surface area contributed by atoms with Gasteiger partial charge in [-0.15, -0.1) is 0 Å². The molecule has 1 aliphatic heterocycles. The highest BCUT2D eigenvalue weighted by Gasteiger charge is 2.37. The average Bonchev–Trinajstić information content (AvgIpc) is 3.38. The number of carbonyl (C=O) groups excluding carboxylic acids is 7. The molecule has 420 valence electrons. The summed E-state index contributed by atoms with van der Waals surface area (Å²) in [6.07, 6.45) is 4.07. The number of guanidine groups is 1. The third kappa shape index (κ3) is 19.7. The van der Waals surface area contributed by atoms with Crippen LogP contribution in [-0.4, -0.2) is 150 Å². The van der Waals surface area contributed by atoms with E-state index < -0.39 is 120 Å². The van der Waals surface area contributed by atoms with Gasteiger partial charge in [0.1, 0.15) is 35.9 Å². The van der Waals surface area contributed by atoms with Crippen molar-refractivity contribution in [3.8, 4) is 11.5 Å². The zero-order chi connectivity index (χ0) is 57.7. The predicted molar refractivity (Wildman–Crippen MR) is 283 cm³/mol.